The van der Waals surface area contributed by atoms with Crippen LogP contribution in [-0.4, -0.2) is 33.9 Å². The van der Waals surface area contributed by atoms with E-state index in [-0.39, 0.29) is 40.6 Å². The van der Waals surface area contributed by atoms with Crippen molar-refractivity contribution in [2.75, 3.05) is 17.6 Å². The molecule has 2 unspecified atom stereocenters. The molecule has 1 aromatic carbocycles. The predicted molar refractivity (Wildman–Crippen MR) is 78.1 cm³/mol. The summed E-state index contributed by atoms with van der Waals surface area (Å²) in [4.78, 5) is 10.7. The first-order chi connectivity index (χ1) is 9.23. The summed E-state index contributed by atoms with van der Waals surface area (Å²) in [5, 5.41) is 32.9. The third-order valence-electron chi connectivity index (χ3n) is 2.64. The van der Waals surface area contributed by atoms with Crippen LogP contribution in [0.2, 0.25) is 5.02 Å². The highest BCUT2D eigenvalue weighted by Gasteiger charge is 2.25. The Balaban J connectivity index is 3.36. The fraction of sp³-hybridized carbons (Fsp3) is 0.500. The number of nitrogens with one attached hydrogen (secondary N) is 1. The molecular formula is C12H18ClN3O4. The van der Waals surface area contributed by atoms with Crippen LogP contribution in [0.4, 0.5) is 17.1 Å². The Kier molecular flexibility index (Phi) is 5.55. The van der Waals surface area contributed by atoms with E-state index in [1.54, 1.807) is 0 Å². The molecule has 0 heterocycles. The first-order valence-electron chi connectivity index (χ1n) is 6.09. The lowest BCUT2D eigenvalue weighted by Gasteiger charge is -2.15. The van der Waals surface area contributed by atoms with E-state index in [4.69, 9.17) is 17.3 Å². The lowest BCUT2D eigenvalue weighted by molar-refractivity contribution is -0.384. The average Bonchev–Trinajstić information content (AvgIpc) is 2.30. The molecule has 0 aliphatic carbocycles. The van der Waals surface area contributed by atoms with Crippen LogP contribution in [0.5, 0.6) is 0 Å². The number of nitrogens with two attached hydrogens (primary N) is 1. The molecule has 0 saturated carbocycles. The number of halogens is 1. The van der Waals surface area contributed by atoms with E-state index in [2.05, 4.69) is 5.32 Å². The van der Waals surface area contributed by atoms with Gasteiger partial charge in [-0.3, -0.25) is 10.1 Å². The van der Waals surface area contributed by atoms with Crippen LogP contribution in [-0.2, 0) is 6.42 Å². The van der Waals surface area contributed by atoms with Gasteiger partial charge in [0.05, 0.1) is 27.8 Å². The minimum absolute atomic E-state index is 0.0494. The molecule has 1 aromatic rings. The number of nitro groups is 1. The molecule has 8 heteroatoms. The number of aliphatic hydroxyl groups is 2. The zero-order chi connectivity index (χ0) is 15.4. The molecule has 20 heavy (non-hydrogen) atoms. The molecule has 0 fully saturated rings. The minimum Gasteiger partial charge on any atom is -0.396 e. The van der Waals surface area contributed by atoms with Crippen molar-refractivity contribution >= 4 is 28.7 Å². The van der Waals surface area contributed by atoms with Crippen molar-refractivity contribution < 1.29 is 15.1 Å². The molecule has 0 aromatic heterocycles. The number of anilines is 2. The second kappa shape index (κ2) is 6.74. The zero-order valence-corrected chi connectivity index (χ0v) is 12.0. The van der Waals surface area contributed by atoms with Gasteiger partial charge >= 0.3 is 0 Å². The summed E-state index contributed by atoms with van der Waals surface area (Å²) in [7, 11) is 0. The second-order valence-corrected chi connectivity index (χ2v) is 5.10. The lowest BCUT2D eigenvalue weighted by Crippen LogP contribution is -2.18. The molecule has 2 atom stereocenters. The van der Waals surface area contributed by atoms with Crippen LogP contribution in [0, 0.1) is 10.1 Å². The first kappa shape index (κ1) is 16.5. The molecule has 0 aliphatic heterocycles. The van der Waals surface area contributed by atoms with Gasteiger partial charge in [-0.15, -0.1) is 0 Å². The Bertz CT molecular complexity index is 506. The maximum Gasteiger partial charge on any atom is 0.297 e. The third-order valence-corrected chi connectivity index (χ3v) is 2.95. The molecule has 0 saturated heterocycles. The van der Waals surface area contributed by atoms with Crippen LogP contribution in [0.15, 0.2) is 6.07 Å². The Hall–Kier alpha value is -1.57. The zero-order valence-electron chi connectivity index (χ0n) is 11.3. The summed E-state index contributed by atoms with van der Waals surface area (Å²) < 4.78 is 0. The predicted octanol–water partition coefficient (Wildman–Crippen LogP) is 1.55. The van der Waals surface area contributed by atoms with E-state index >= 15 is 0 Å². The van der Waals surface area contributed by atoms with Crippen LogP contribution in [0.1, 0.15) is 19.4 Å². The van der Waals surface area contributed by atoms with Gasteiger partial charge < -0.3 is 21.3 Å². The normalized spacial score (nSPS) is 13.8. The van der Waals surface area contributed by atoms with E-state index in [1.807, 2.05) is 0 Å². The van der Waals surface area contributed by atoms with Crippen LogP contribution in [0.3, 0.4) is 0 Å². The van der Waals surface area contributed by atoms with Gasteiger partial charge in [-0.05, 0) is 19.9 Å². The Labute approximate surface area is 121 Å². The summed E-state index contributed by atoms with van der Waals surface area (Å²) in [6.07, 6.45) is -1.37. The number of nitrogens with zero attached hydrogens (tertiary/aromatic N) is 1. The standard InChI is InChI=1S/C12H18ClN3O4/c1-6(17)3-8-4-9(13)10(14)11(12(8)16(19)20)15-5-7(2)18/h4,6-7,15,17-18H,3,5,14H2,1-2H3. The number of hydrogen-bond acceptors (Lipinski definition) is 6. The number of aliphatic hydroxyl groups excluding tert-OH is 2. The summed E-state index contributed by atoms with van der Waals surface area (Å²) in [6.45, 7) is 3.16. The molecule has 7 nitrogen and oxygen atoms in total. The Morgan fingerprint density at radius 3 is 2.50 bits per heavy atom. The average molecular weight is 304 g/mol. The van der Waals surface area contributed by atoms with E-state index in [9.17, 15) is 20.3 Å². The fourth-order valence-corrected chi connectivity index (χ4v) is 2.04. The van der Waals surface area contributed by atoms with Gasteiger partial charge in [-0.1, -0.05) is 11.6 Å². The molecule has 1 rings (SSSR count). The monoisotopic (exact) mass is 303 g/mol. The van der Waals surface area contributed by atoms with Gasteiger partial charge in [-0.2, -0.15) is 0 Å². The van der Waals surface area contributed by atoms with Gasteiger partial charge in [0.15, 0.2) is 0 Å². The molecule has 5 N–H and O–H groups in total. The fourth-order valence-electron chi connectivity index (χ4n) is 1.82. The van der Waals surface area contributed by atoms with Gasteiger partial charge in [0.25, 0.3) is 5.69 Å². The summed E-state index contributed by atoms with van der Waals surface area (Å²) in [6, 6.07) is 1.38. The highest BCUT2D eigenvalue weighted by Crippen LogP contribution is 2.39. The number of nitrogen functional groups attached to an aromatic ring is 1. The molecule has 0 aliphatic rings. The second-order valence-electron chi connectivity index (χ2n) is 4.69. The van der Waals surface area contributed by atoms with Gasteiger partial charge in [-0.25, -0.2) is 0 Å². The number of nitro benzene ring substituents is 1. The maximum absolute atomic E-state index is 11.3. The largest absolute Gasteiger partial charge is 0.396 e. The van der Waals surface area contributed by atoms with Crippen molar-refractivity contribution in [3.63, 3.8) is 0 Å². The minimum atomic E-state index is -0.752. The lowest BCUT2D eigenvalue weighted by atomic mass is 10.0. The maximum atomic E-state index is 11.3. The van der Waals surface area contributed by atoms with E-state index < -0.39 is 17.1 Å². The topological polar surface area (TPSA) is 122 Å². The molecular weight excluding hydrogens is 286 g/mol. The van der Waals surface area contributed by atoms with E-state index in [1.165, 1.54) is 19.9 Å². The van der Waals surface area contributed by atoms with Crippen molar-refractivity contribution in [1.82, 2.24) is 0 Å². The van der Waals surface area contributed by atoms with Crippen molar-refractivity contribution in [2.24, 2.45) is 0 Å². The Morgan fingerprint density at radius 2 is 2.05 bits per heavy atom. The molecule has 0 bridgehead atoms. The number of rotatable bonds is 6. The summed E-state index contributed by atoms with van der Waals surface area (Å²) >= 11 is 5.96. The van der Waals surface area contributed by atoms with E-state index in [0.717, 1.165) is 0 Å². The van der Waals surface area contributed by atoms with Gasteiger partial charge in [0, 0.05) is 18.5 Å². The molecule has 0 spiro atoms. The summed E-state index contributed by atoms with van der Waals surface area (Å²) in [5.74, 6) is 0. The first-order valence-corrected chi connectivity index (χ1v) is 6.47. The summed E-state index contributed by atoms with van der Waals surface area (Å²) in [5.41, 5.74) is 5.94. The van der Waals surface area contributed by atoms with Crippen molar-refractivity contribution in [3.05, 3.63) is 26.8 Å². The SMILES string of the molecule is CC(O)CNc1c(N)c(Cl)cc(CC(C)O)c1[N+](=O)[O-]. The van der Waals surface area contributed by atoms with E-state index in [0.29, 0.717) is 0 Å². The highest BCUT2D eigenvalue weighted by molar-refractivity contribution is 6.34. The highest BCUT2D eigenvalue weighted by atomic mass is 35.5. The van der Waals surface area contributed by atoms with Gasteiger partial charge in [0.2, 0.25) is 0 Å². The smallest absolute Gasteiger partial charge is 0.297 e. The van der Waals surface area contributed by atoms with Gasteiger partial charge in [0.1, 0.15) is 5.69 Å². The molecule has 0 radical (unpaired) electrons. The van der Waals surface area contributed by atoms with Crippen molar-refractivity contribution in [1.29, 1.82) is 0 Å². The van der Waals surface area contributed by atoms with Crippen molar-refractivity contribution in [3.8, 4) is 0 Å². The Morgan fingerprint density at radius 1 is 1.45 bits per heavy atom. The molecule has 112 valence electrons. The third kappa shape index (κ3) is 3.96. The number of benzene rings is 1. The van der Waals surface area contributed by atoms with Crippen LogP contribution < -0.4 is 11.1 Å². The molecule has 0 amide bonds. The van der Waals surface area contributed by atoms with Crippen molar-refractivity contribution in [2.45, 2.75) is 32.5 Å². The number of hydrogen-bond donors (Lipinski definition) is 4. The van der Waals surface area contributed by atoms with Crippen LogP contribution in [0.25, 0.3) is 0 Å². The van der Waals surface area contributed by atoms with Crippen LogP contribution >= 0.6 is 11.6 Å². The quantitative estimate of drug-likeness (QED) is 0.359.